The van der Waals surface area contributed by atoms with Gasteiger partial charge in [0.05, 0.1) is 0 Å². The summed E-state index contributed by atoms with van der Waals surface area (Å²) >= 11 is 0. The molecule has 0 spiro atoms. The Balaban J connectivity index is 2.96. The van der Waals surface area contributed by atoms with E-state index in [9.17, 15) is 19.2 Å². The fraction of sp³-hybridized carbons (Fsp3) is 0.364. The first kappa shape index (κ1) is 15.3. The maximum Gasteiger partial charge on any atom is 0.356 e. The highest BCUT2D eigenvalue weighted by Crippen LogP contribution is 2.01. The molecule has 0 aromatic carbocycles. The summed E-state index contributed by atoms with van der Waals surface area (Å²) in [6.45, 7) is 3.34. The fourth-order valence-corrected chi connectivity index (χ4v) is 1.35. The summed E-state index contributed by atoms with van der Waals surface area (Å²) in [5.74, 6) is -2.09. The SMILES string of the molecule is CCNC(=O)NC(=O)C(C)n1nc(C(=O)O)ccc1=O. The van der Waals surface area contributed by atoms with Gasteiger partial charge in [0, 0.05) is 12.6 Å². The topological polar surface area (TPSA) is 130 Å². The Morgan fingerprint density at radius 1 is 1.40 bits per heavy atom. The Morgan fingerprint density at radius 3 is 2.60 bits per heavy atom. The lowest BCUT2D eigenvalue weighted by atomic mass is 10.3. The van der Waals surface area contributed by atoms with Crippen molar-refractivity contribution in [3.05, 3.63) is 28.2 Å². The molecule has 1 aromatic heterocycles. The first-order valence-electron chi connectivity index (χ1n) is 5.78. The van der Waals surface area contributed by atoms with Gasteiger partial charge >= 0.3 is 12.0 Å². The van der Waals surface area contributed by atoms with Crippen LogP contribution >= 0.6 is 0 Å². The van der Waals surface area contributed by atoms with Gasteiger partial charge in [0.15, 0.2) is 5.69 Å². The average molecular weight is 282 g/mol. The van der Waals surface area contributed by atoms with Crippen LogP contribution in [0.4, 0.5) is 4.79 Å². The van der Waals surface area contributed by atoms with Gasteiger partial charge in [-0.15, -0.1) is 0 Å². The molecule has 0 aliphatic carbocycles. The molecule has 0 fully saturated rings. The van der Waals surface area contributed by atoms with E-state index in [0.717, 1.165) is 12.1 Å². The number of nitrogens with zero attached hydrogens (tertiary/aromatic N) is 2. The van der Waals surface area contributed by atoms with E-state index in [0.29, 0.717) is 11.2 Å². The number of amides is 3. The molecule has 0 aliphatic rings. The quantitative estimate of drug-likeness (QED) is 0.672. The molecule has 1 unspecified atom stereocenters. The summed E-state index contributed by atoms with van der Waals surface area (Å²) in [5, 5.41) is 16.7. The molecule has 0 radical (unpaired) electrons. The van der Waals surface area contributed by atoms with Crippen LogP contribution < -0.4 is 16.2 Å². The van der Waals surface area contributed by atoms with Gasteiger partial charge in [-0.3, -0.25) is 14.9 Å². The molecule has 108 valence electrons. The van der Waals surface area contributed by atoms with Crippen LogP contribution in [0, 0.1) is 0 Å². The number of carboxylic acid groups (broad SMARTS) is 1. The number of imide groups is 1. The van der Waals surface area contributed by atoms with E-state index < -0.39 is 29.5 Å². The van der Waals surface area contributed by atoms with E-state index in [1.807, 2.05) is 5.32 Å². The maximum absolute atomic E-state index is 11.7. The van der Waals surface area contributed by atoms with Crippen molar-refractivity contribution < 1.29 is 19.5 Å². The van der Waals surface area contributed by atoms with Crippen LogP contribution in [0.2, 0.25) is 0 Å². The second-order valence-corrected chi connectivity index (χ2v) is 3.83. The highest BCUT2D eigenvalue weighted by Gasteiger charge is 2.20. The summed E-state index contributed by atoms with van der Waals surface area (Å²) in [6, 6.07) is 0.207. The second-order valence-electron chi connectivity index (χ2n) is 3.83. The molecule has 9 nitrogen and oxygen atoms in total. The van der Waals surface area contributed by atoms with Gasteiger partial charge in [0.1, 0.15) is 6.04 Å². The molecule has 1 rings (SSSR count). The van der Waals surface area contributed by atoms with Crippen molar-refractivity contribution in [1.29, 1.82) is 0 Å². The number of urea groups is 1. The molecule has 9 heteroatoms. The first-order valence-corrected chi connectivity index (χ1v) is 5.78. The van der Waals surface area contributed by atoms with Gasteiger partial charge < -0.3 is 10.4 Å². The van der Waals surface area contributed by atoms with E-state index in [1.54, 1.807) is 6.92 Å². The van der Waals surface area contributed by atoms with Gasteiger partial charge in [-0.1, -0.05) is 0 Å². The van der Waals surface area contributed by atoms with Crippen molar-refractivity contribution in [3.8, 4) is 0 Å². The monoisotopic (exact) mass is 282 g/mol. The maximum atomic E-state index is 11.7. The van der Waals surface area contributed by atoms with Crippen LogP contribution in [0.5, 0.6) is 0 Å². The predicted molar refractivity (Wildman–Crippen MR) is 67.4 cm³/mol. The molecule has 3 amide bonds. The molecule has 1 heterocycles. The smallest absolute Gasteiger partial charge is 0.356 e. The summed E-state index contributed by atoms with van der Waals surface area (Å²) < 4.78 is 0.706. The number of rotatable bonds is 4. The Bertz CT molecular complexity index is 595. The Hall–Kier alpha value is -2.71. The highest BCUT2D eigenvalue weighted by atomic mass is 16.4. The van der Waals surface area contributed by atoms with Crippen LogP contribution in [-0.2, 0) is 4.79 Å². The normalized spacial score (nSPS) is 11.5. The number of hydrogen-bond acceptors (Lipinski definition) is 5. The van der Waals surface area contributed by atoms with Gasteiger partial charge in [-0.25, -0.2) is 14.3 Å². The number of carbonyl (C=O) groups is 3. The molecule has 3 N–H and O–H groups in total. The molecule has 0 saturated heterocycles. The number of aromatic carboxylic acids is 1. The van der Waals surface area contributed by atoms with E-state index in [-0.39, 0.29) is 5.69 Å². The van der Waals surface area contributed by atoms with Crippen LogP contribution in [0.25, 0.3) is 0 Å². The Labute approximate surface area is 113 Å². The molecular formula is C11H14N4O5. The van der Waals surface area contributed by atoms with Crippen molar-refractivity contribution in [2.75, 3.05) is 6.54 Å². The minimum Gasteiger partial charge on any atom is -0.476 e. The van der Waals surface area contributed by atoms with Crippen LogP contribution in [0.3, 0.4) is 0 Å². The van der Waals surface area contributed by atoms with Crippen LogP contribution in [0.15, 0.2) is 16.9 Å². The molecular weight excluding hydrogens is 268 g/mol. The Kier molecular flexibility index (Phi) is 4.95. The van der Waals surface area contributed by atoms with Crippen molar-refractivity contribution in [2.45, 2.75) is 19.9 Å². The van der Waals surface area contributed by atoms with Gasteiger partial charge in [-0.05, 0) is 19.9 Å². The molecule has 0 aliphatic heterocycles. The summed E-state index contributed by atoms with van der Waals surface area (Å²) in [7, 11) is 0. The zero-order chi connectivity index (χ0) is 15.3. The third-order valence-corrected chi connectivity index (χ3v) is 2.36. The van der Waals surface area contributed by atoms with Gasteiger partial charge in [0.2, 0.25) is 0 Å². The van der Waals surface area contributed by atoms with Crippen molar-refractivity contribution in [1.82, 2.24) is 20.4 Å². The Morgan fingerprint density at radius 2 is 2.05 bits per heavy atom. The van der Waals surface area contributed by atoms with Crippen molar-refractivity contribution in [3.63, 3.8) is 0 Å². The number of hydrogen-bond donors (Lipinski definition) is 3. The van der Waals surface area contributed by atoms with E-state index >= 15 is 0 Å². The predicted octanol–water partition coefficient (Wildman–Crippen LogP) is -0.652. The number of carboxylic acids is 1. The third-order valence-electron chi connectivity index (χ3n) is 2.36. The number of aromatic nitrogens is 2. The standard InChI is InChI=1S/C11H14N4O5/c1-3-12-11(20)13-9(17)6(2)15-8(16)5-4-7(14-15)10(18)19/h4-6H,3H2,1-2H3,(H,18,19)(H2,12,13,17,20). The van der Waals surface area contributed by atoms with Crippen LogP contribution in [0.1, 0.15) is 30.4 Å². The van der Waals surface area contributed by atoms with E-state index in [1.165, 1.54) is 6.92 Å². The summed E-state index contributed by atoms with van der Waals surface area (Å²) in [5.41, 5.74) is -1.02. The van der Waals surface area contributed by atoms with E-state index in [4.69, 9.17) is 5.11 Å². The molecule has 1 atom stereocenters. The summed E-state index contributed by atoms with van der Waals surface area (Å²) in [6.07, 6.45) is 0. The average Bonchev–Trinajstić information content (AvgIpc) is 2.38. The minimum absolute atomic E-state index is 0.334. The first-order chi connectivity index (χ1) is 9.36. The lowest BCUT2D eigenvalue weighted by molar-refractivity contribution is -0.123. The lowest BCUT2D eigenvalue weighted by Gasteiger charge is -2.13. The van der Waals surface area contributed by atoms with Gasteiger partial charge in [-0.2, -0.15) is 5.10 Å². The lowest BCUT2D eigenvalue weighted by Crippen LogP contribution is -2.44. The molecule has 0 saturated carbocycles. The number of carbonyl (C=O) groups excluding carboxylic acids is 2. The van der Waals surface area contributed by atoms with Crippen LogP contribution in [-0.4, -0.2) is 39.3 Å². The molecule has 0 bridgehead atoms. The highest BCUT2D eigenvalue weighted by molar-refractivity contribution is 5.96. The second kappa shape index (κ2) is 6.45. The van der Waals surface area contributed by atoms with Gasteiger partial charge in [0.25, 0.3) is 11.5 Å². The van der Waals surface area contributed by atoms with Crippen molar-refractivity contribution in [2.24, 2.45) is 0 Å². The number of nitrogens with one attached hydrogen (secondary N) is 2. The zero-order valence-electron chi connectivity index (χ0n) is 10.9. The fourth-order valence-electron chi connectivity index (χ4n) is 1.35. The molecule has 20 heavy (non-hydrogen) atoms. The largest absolute Gasteiger partial charge is 0.476 e. The van der Waals surface area contributed by atoms with Crippen molar-refractivity contribution >= 4 is 17.9 Å². The minimum atomic E-state index is -1.32. The molecule has 1 aromatic rings. The summed E-state index contributed by atoms with van der Waals surface area (Å²) in [4.78, 5) is 45.3. The third kappa shape index (κ3) is 3.64. The van der Waals surface area contributed by atoms with E-state index in [2.05, 4.69) is 10.4 Å². The zero-order valence-corrected chi connectivity index (χ0v) is 10.9.